The second kappa shape index (κ2) is 6.08. The van der Waals surface area contributed by atoms with Gasteiger partial charge >= 0.3 is 0 Å². The Bertz CT molecular complexity index is 313. The molecule has 0 atom stereocenters. The van der Waals surface area contributed by atoms with Gasteiger partial charge < -0.3 is 5.32 Å². The minimum atomic E-state index is 0.755. The molecule has 1 N–H and O–H groups in total. The minimum absolute atomic E-state index is 0.755. The van der Waals surface area contributed by atoms with Crippen LogP contribution in [0.3, 0.4) is 0 Å². The molecule has 0 aliphatic heterocycles. The predicted octanol–water partition coefficient (Wildman–Crippen LogP) is 3.82. The Morgan fingerprint density at radius 3 is 2.69 bits per heavy atom. The van der Waals surface area contributed by atoms with Crippen molar-refractivity contribution in [1.82, 2.24) is 5.32 Å². The zero-order valence-corrected chi connectivity index (χ0v) is 11.8. The number of hydrogen-bond acceptors (Lipinski definition) is 3. The van der Waals surface area contributed by atoms with Crippen LogP contribution in [0.25, 0.3) is 0 Å². The van der Waals surface area contributed by atoms with E-state index in [0.717, 1.165) is 17.8 Å². The maximum atomic E-state index is 3.71. The summed E-state index contributed by atoms with van der Waals surface area (Å²) >= 11 is 3.92. The third-order valence-corrected chi connectivity index (χ3v) is 5.69. The Kier molecular flexibility index (Phi) is 4.74. The van der Waals surface area contributed by atoms with Crippen LogP contribution in [0.2, 0.25) is 0 Å². The molecule has 1 fully saturated rings. The molecule has 1 saturated carbocycles. The second-order valence-electron chi connectivity index (χ2n) is 4.62. The van der Waals surface area contributed by atoms with Crippen molar-refractivity contribution in [2.45, 2.75) is 50.4 Å². The van der Waals surface area contributed by atoms with Crippen molar-refractivity contribution in [1.29, 1.82) is 0 Å². The maximum absolute atomic E-state index is 3.71. The number of thiophene rings is 1. The molecular weight excluding hydrogens is 234 g/mol. The van der Waals surface area contributed by atoms with E-state index in [1.807, 2.05) is 23.1 Å². The number of aryl methyl sites for hydroxylation is 1. The topological polar surface area (TPSA) is 12.0 Å². The third kappa shape index (κ3) is 3.25. The van der Waals surface area contributed by atoms with Gasteiger partial charge in [-0.25, -0.2) is 0 Å². The molecule has 0 aromatic carbocycles. The van der Waals surface area contributed by atoms with E-state index in [1.165, 1.54) is 36.1 Å². The lowest BCUT2D eigenvalue weighted by Gasteiger charge is -2.28. The highest BCUT2D eigenvalue weighted by Gasteiger charge is 2.19. The van der Waals surface area contributed by atoms with Gasteiger partial charge in [0.05, 0.1) is 0 Å². The highest BCUT2D eigenvalue weighted by Crippen LogP contribution is 2.27. The van der Waals surface area contributed by atoms with E-state index in [2.05, 4.69) is 29.9 Å². The van der Waals surface area contributed by atoms with E-state index in [9.17, 15) is 0 Å². The summed E-state index contributed by atoms with van der Waals surface area (Å²) in [5.74, 6) is 0. The molecule has 1 aliphatic carbocycles. The van der Waals surface area contributed by atoms with Gasteiger partial charge in [0, 0.05) is 22.7 Å². The molecule has 0 amide bonds. The quantitative estimate of drug-likeness (QED) is 0.878. The molecule has 1 aliphatic rings. The van der Waals surface area contributed by atoms with Crippen LogP contribution in [-0.2, 0) is 6.54 Å². The summed E-state index contributed by atoms with van der Waals surface area (Å²) in [6.07, 6.45) is 7.74. The summed E-state index contributed by atoms with van der Waals surface area (Å²) in [7, 11) is 0. The summed E-state index contributed by atoms with van der Waals surface area (Å²) in [4.78, 5) is 1.51. The number of hydrogen-bond donors (Lipinski definition) is 1. The highest BCUT2D eigenvalue weighted by atomic mass is 32.2. The number of rotatable bonds is 4. The van der Waals surface area contributed by atoms with Crippen LogP contribution in [0.1, 0.15) is 36.1 Å². The molecule has 90 valence electrons. The summed E-state index contributed by atoms with van der Waals surface area (Å²) in [5.41, 5.74) is 1.44. The molecule has 2 rings (SSSR count). The van der Waals surface area contributed by atoms with Crippen molar-refractivity contribution in [2.24, 2.45) is 0 Å². The van der Waals surface area contributed by atoms with E-state index in [1.54, 1.807) is 0 Å². The Balaban J connectivity index is 1.73. The Morgan fingerprint density at radius 2 is 2.12 bits per heavy atom. The van der Waals surface area contributed by atoms with Gasteiger partial charge in [0.2, 0.25) is 0 Å². The van der Waals surface area contributed by atoms with Crippen molar-refractivity contribution in [2.75, 3.05) is 6.26 Å². The van der Waals surface area contributed by atoms with Crippen LogP contribution in [0.4, 0.5) is 0 Å². The van der Waals surface area contributed by atoms with Gasteiger partial charge in [-0.05, 0) is 55.9 Å². The largest absolute Gasteiger partial charge is 0.309 e. The average Bonchev–Trinajstić information content (AvgIpc) is 2.73. The first kappa shape index (κ1) is 12.5. The highest BCUT2D eigenvalue weighted by molar-refractivity contribution is 7.99. The minimum Gasteiger partial charge on any atom is -0.309 e. The Morgan fingerprint density at radius 1 is 1.38 bits per heavy atom. The normalized spacial score (nSPS) is 25.9. The Labute approximate surface area is 107 Å². The van der Waals surface area contributed by atoms with Crippen LogP contribution in [0, 0.1) is 6.92 Å². The number of thioether (sulfide) groups is 1. The van der Waals surface area contributed by atoms with E-state index in [-0.39, 0.29) is 0 Å². The third-order valence-electron chi connectivity index (χ3n) is 3.53. The molecule has 1 aromatic heterocycles. The fourth-order valence-electron chi connectivity index (χ4n) is 2.32. The van der Waals surface area contributed by atoms with Gasteiger partial charge in [-0.3, -0.25) is 0 Å². The molecule has 16 heavy (non-hydrogen) atoms. The van der Waals surface area contributed by atoms with Gasteiger partial charge in [-0.2, -0.15) is 11.8 Å². The molecule has 1 nitrogen and oxygen atoms in total. The van der Waals surface area contributed by atoms with Gasteiger partial charge in [0.15, 0.2) is 0 Å². The van der Waals surface area contributed by atoms with Gasteiger partial charge in [0.25, 0.3) is 0 Å². The summed E-state index contributed by atoms with van der Waals surface area (Å²) < 4.78 is 0. The van der Waals surface area contributed by atoms with Crippen molar-refractivity contribution in [3.63, 3.8) is 0 Å². The van der Waals surface area contributed by atoms with Crippen LogP contribution in [-0.4, -0.2) is 17.5 Å². The van der Waals surface area contributed by atoms with Gasteiger partial charge in [-0.1, -0.05) is 0 Å². The molecule has 3 heteroatoms. The van der Waals surface area contributed by atoms with Gasteiger partial charge in [-0.15, -0.1) is 11.3 Å². The van der Waals surface area contributed by atoms with E-state index in [0.29, 0.717) is 0 Å². The Hall–Kier alpha value is 0.0100. The van der Waals surface area contributed by atoms with Crippen molar-refractivity contribution in [3.05, 3.63) is 21.9 Å². The van der Waals surface area contributed by atoms with Gasteiger partial charge in [0.1, 0.15) is 0 Å². The lowest BCUT2D eigenvalue weighted by molar-refractivity contribution is 0.380. The standard InChI is InChI=1S/C13H21NS2/c1-10-7-8-16-13(10)9-14-11-3-5-12(15-2)6-4-11/h7-8,11-12,14H,3-6,9H2,1-2H3. The molecular formula is C13H21NS2. The average molecular weight is 255 g/mol. The molecule has 1 heterocycles. The molecule has 0 saturated heterocycles. The fraction of sp³-hybridized carbons (Fsp3) is 0.692. The first-order valence-corrected chi connectivity index (χ1v) is 8.25. The second-order valence-corrected chi connectivity index (χ2v) is 6.76. The predicted molar refractivity (Wildman–Crippen MR) is 75.5 cm³/mol. The fourth-order valence-corrected chi connectivity index (χ4v) is 3.93. The van der Waals surface area contributed by atoms with Crippen LogP contribution >= 0.6 is 23.1 Å². The van der Waals surface area contributed by atoms with Crippen molar-refractivity contribution < 1.29 is 0 Å². The SMILES string of the molecule is CSC1CCC(NCc2sccc2C)CC1. The molecule has 1 aromatic rings. The van der Waals surface area contributed by atoms with Crippen LogP contribution in [0.15, 0.2) is 11.4 Å². The first-order valence-electron chi connectivity index (χ1n) is 6.08. The zero-order chi connectivity index (χ0) is 11.4. The zero-order valence-electron chi connectivity index (χ0n) is 10.2. The smallest absolute Gasteiger partial charge is 0.0304 e. The monoisotopic (exact) mass is 255 g/mol. The molecule has 0 unspecified atom stereocenters. The maximum Gasteiger partial charge on any atom is 0.0304 e. The molecule has 0 spiro atoms. The van der Waals surface area contributed by atoms with E-state index >= 15 is 0 Å². The lowest BCUT2D eigenvalue weighted by atomic mass is 9.95. The lowest BCUT2D eigenvalue weighted by Crippen LogP contribution is -2.33. The molecule has 0 radical (unpaired) electrons. The molecule has 0 bridgehead atoms. The van der Waals surface area contributed by atoms with Crippen molar-refractivity contribution in [3.8, 4) is 0 Å². The van der Waals surface area contributed by atoms with Crippen molar-refractivity contribution >= 4 is 23.1 Å². The number of nitrogens with one attached hydrogen (secondary N) is 1. The first-order chi connectivity index (χ1) is 7.79. The van der Waals surface area contributed by atoms with Crippen LogP contribution < -0.4 is 5.32 Å². The van der Waals surface area contributed by atoms with E-state index < -0.39 is 0 Å². The summed E-state index contributed by atoms with van der Waals surface area (Å²) in [6, 6.07) is 2.97. The van der Waals surface area contributed by atoms with Crippen LogP contribution in [0.5, 0.6) is 0 Å². The summed E-state index contributed by atoms with van der Waals surface area (Å²) in [5, 5.41) is 6.82. The van der Waals surface area contributed by atoms with E-state index in [4.69, 9.17) is 0 Å². The summed E-state index contributed by atoms with van der Waals surface area (Å²) in [6.45, 7) is 3.27.